The van der Waals surface area contributed by atoms with Gasteiger partial charge < -0.3 is 9.80 Å². The lowest BCUT2D eigenvalue weighted by Crippen LogP contribution is -2.44. The monoisotopic (exact) mass is 262 g/mol. The summed E-state index contributed by atoms with van der Waals surface area (Å²) >= 11 is 0. The van der Waals surface area contributed by atoms with Crippen LogP contribution >= 0.6 is 0 Å². The van der Waals surface area contributed by atoms with Crippen molar-refractivity contribution >= 4 is 17.5 Å². The van der Waals surface area contributed by atoms with Crippen molar-refractivity contribution in [2.24, 2.45) is 0 Å². The van der Waals surface area contributed by atoms with Crippen LogP contribution in [-0.2, 0) is 9.59 Å². The Labute approximate surface area is 115 Å². The lowest BCUT2D eigenvalue weighted by molar-refractivity contribution is -0.135. The van der Waals surface area contributed by atoms with Gasteiger partial charge in [0.1, 0.15) is 6.54 Å². The van der Waals surface area contributed by atoms with Gasteiger partial charge in [0, 0.05) is 25.7 Å². The molecule has 1 unspecified atom stereocenters. The molecule has 1 atom stereocenters. The molecule has 0 aromatic heterocycles. The second-order valence-corrected chi connectivity index (χ2v) is 4.69. The molecule has 19 heavy (non-hydrogen) atoms. The van der Waals surface area contributed by atoms with E-state index < -0.39 is 0 Å². The maximum absolute atomic E-state index is 12.2. The Balaban J connectivity index is 2.75. The Morgan fingerprint density at radius 1 is 1.21 bits per heavy atom. The molecule has 0 aliphatic heterocycles. The maximum Gasteiger partial charge on any atom is 0.246 e. The molecule has 4 nitrogen and oxygen atoms in total. The van der Waals surface area contributed by atoms with Crippen LogP contribution in [-0.4, -0.2) is 36.3 Å². The number of hydrogen-bond acceptors (Lipinski definition) is 2. The van der Waals surface area contributed by atoms with Gasteiger partial charge in [0.2, 0.25) is 11.8 Å². The topological polar surface area (TPSA) is 40.6 Å². The Hall–Kier alpha value is -1.84. The minimum Gasteiger partial charge on any atom is -0.331 e. The maximum atomic E-state index is 12.2. The molecule has 104 valence electrons. The molecule has 0 fully saturated rings. The van der Waals surface area contributed by atoms with Gasteiger partial charge in [0.05, 0.1) is 0 Å². The van der Waals surface area contributed by atoms with Gasteiger partial charge in [0.15, 0.2) is 0 Å². The van der Waals surface area contributed by atoms with Crippen molar-refractivity contribution in [2.75, 3.05) is 18.5 Å². The Morgan fingerprint density at radius 2 is 1.79 bits per heavy atom. The van der Waals surface area contributed by atoms with Crippen LogP contribution in [0.15, 0.2) is 30.3 Å². The third-order valence-corrected chi connectivity index (χ3v) is 3.35. The summed E-state index contributed by atoms with van der Waals surface area (Å²) in [7, 11) is 1.73. The van der Waals surface area contributed by atoms with E-state index in [4.69, 9.17) is 0 Å². The second-order valence-electron chi connectivity index (χ2n) is 4.69. The van der Waals surface area contributed by atoms with Crippen LogP contribution in [0.1, 0.15) is 27.2 Å². The van der Waals surface area contributed by atoms with Crippen molar-refractivity contribution in [1.29, 1.82) is 0 Å². The van der Waals surface area contributed by atoms with E-state index in [0.29, 0.717) is 0 Å². The van der Waals surface area contributed by atoms with E-state index in [9.17, 15) is 9.59 Å². The molecule has 0 saturated heterocycles. The van der Waals surface area contributed by atoms with Gasteiger partial charge in [-0.2, -0.15) is 0 Å². The van der Waals surface area contributed by atoms with E-state index >= 15 is 0 Å². The zero-order valence-corrected chi connectivity index (χ0v) is 12.1. The molecule has 1 aromatic rings. The summed E-state index contributed by atoms with van der Waals surface area (Å²) in [6, 6.07) is 9.50. The highest BCUT2D eigenvalue weighted by atomic mass is 16.2. The van der Waals surface area contributed by atoms with Crippen LogP contribution in [0.3, 0.4) is 0 Å². The van der Waals surface area contributed by atoms with Crippen molar-refractivity contribution in [3.63, 3.8) is 0 Å². The number of carbonyl (C=O) groups excluding carboxylic acids is 2. The third kappa shape index (κ3) is 4.09. The molecule has 0 aliphatic rings. The first-order valence-corrected chi connectivity index (χ1v) is 6.56. The van der Waals surface area contributed by atoms with Gasteiger partial charge in [-0.1, -0.05) is 25.1 Å². The van der Waals surface area contributed by atoms with Gasteiger partial charge >= 0.3 is 0 Å². The Morgan fingerprint density at radius 3 is 2.26 bits per heavy atom. The van der Waals surface area contributed by atoms with Crippen molar-refractivity contribution in [3.8, 4) is 0 Å². The lowest BCUT2D eigenvalue weighted by atomic mass is 10.2. The average Bonchev–Trinajstić information content (AvgIpc) is 2.43. The number of carbonyl (C=O) groups is 2. The summed E-state index contributed by atoms with van der Waals surface area (Å²) in [6.07, 6.45) is 0.835. The second kappa shape index (κ2) is 6.92. The van der Waals surface area contributed by atoms with Gasteiger partial charge in [-0.05, 0) is 25.5 Å². The van der Waals surface area contributed by atoms with E-state index in [2.05, 4.69) is 0 Å². The van der Waals surface area contributed by atoms with Gasteiger partial charge in [-0.25, -0.2) is 0 Å². The lowest BCUT2D eigenvalue weighted by Gasteiger charge is -2.29. The molecule has 1 rings (SSSR count). The molecule has 0 aliphatic carbocycles. The molecule has 2 amide bonds. The van der Waals surface area contributed by atoms with Crippen LogP contribution in [0, 0.1) is 0 Å². The normalized spacial score (nSPS) is 11.8. The summed E-state index contributed by atoms with van der Waals surface area (Å²) in [4.78, 5) is 27.0. The predicted octanol–water partition coefficient (Wildman–Crippen LogP) is 2.30. The fourth-order valence-corrected chi connectivity index (χ4v) is 1.85. The van der Waals surface area contributed by atoms with E-state index in [1.807, 2.05) is 44.2 Å². The number of rotatable bonds is 5. The van der Waals surface area contributed by atoms with E-state index in [1.165, 1.54) is 6.92 Å². The van der Waals surface area contributed by atoms with E-state index in [-0.39, 0.29) is 24.4 Å². The number of likely N-dealkylation sites (N-methyl/N-ethyl adjacent to an activating group) is 1. The van der Waals surface area contributed by atoms with Crippen LogP contribution in [0.5, 0.6) is 0 Å². The standard InChI is InChI=1S/C15H22N2O2/c1-5-12(2)17(13(3)18)11-15(19)16(4)14-9-7-6-8-10-14/h6-10,12H,5,11H2,1-4H3. The molecular formula is C15H22N2O2. The molecule has 0 bridgehead atoms. The summed E-state index contributed by atoms with van der Waals surface area (Å²) in [5.41, 5.74) is 0.833. The fraction of sp³-hybridized carbons (Fsp3) is 0.467. The van der Waals surface area contributed by atoms with Crippen LogP contribution in [0.4, 0.5) is 5.69 Å². The molecule has 0 radical (unpaired) electrons. The minimum atomic E-state index is -0.0818. The highest BCUT2D eigenvalue weighted by molar-refractivity contribution is 5.96. The van der Waals surface area contributed by atoms with Crippen molar-refractivity contribution in [1.82, 2.24) is 4.90 Å². The first-order valence-electron chi connectivity index (χ1n) is 6.56. The smallest absolute Gasteiger partial charge is 0.246 e. The number of benzene rings is 1. The largest absolute Gasteiger partial charge is 0.331 e. The molecule has 0 N–H and O–H groups in total. The number of anilines is 1. The van der Waals surface area contributed by atoms with Crippen molar-refractivity contribution < 1.29 is 9.59 Å². The fourth-order valence-electron chi connectivity index (χ4n) is 1.85. The first kappa shape index (κ1) is 15.2. The zero-order valence-electron chi connectivity index (χ0n) is 12.1. The Kier molecular flexibility index (Phi) is 5.55. The van der Waals surface area contributed by atoms with Crippen LogP contribution in [0.2, 0.25) is 0 Å². The minimum absolute atomic E-state index is 0.0656. The molecule has 0 spiro atoms. The number of hydrogen-bond donors (Lipinski definition) is 0. The summed E-state index contributed by atoms with van der Waals surface area (Å²) < 4.78 is 0. The number of amides is 2. The Bertz CT molecular complexity index is 431. The van der Waals surface area contributed by atoms with Gasteiger partial charge in [0.25, 0.3) is 0 Å². The van der Waals surface area contributed by atoms with Crippen LogP contribution < -0.4 is 4.90 Å². The highest BCUT2D eigenvalue weighted by Crippen LogP contribution is 2.12. The van der Waals surface area contributed by atoms with Crippen molar-refractivity contribution in [3.05, 3.63) is 30.3 Å². The summed E-state index contributed by atoms with van der Waals surface area (Å²) in [6.45, 7) is 5.58. The highest BCUT2D eigenvalue weighted by Gasteiger charge is 2.21. The first-order chi connectivity index (χ1) is 8.97. The summed E-state index contributed by atoms with van der Waals surface area (Å²) in [5, 5.41) is 0. The summed E-state index contributed by atoms with van der Waals surface area (Å²) in [5.74, 6) is -0.147. The van der Waals surface area contributed by atoms with Crippen molar-refractivity contribution in [2.45, 2.75) is 33.2 Å². The molecule has 4 heteroatoms. The quantitative estimate of drug-likeness (QED) is 0.817. The average molecular weight is 262 g/mol. The predicted molar refractivity (Wildman–Crippen MR) is 77.0 cm³/mol. The zero-order chi connectivity index (χ0) is 14.4. The molecule has 0 saturated carbocycles. The van der Waals surface area contributed by atoms with E-state index in [0.717, 1.165) is 12.1 Å². The number of nitrogens with zero attached hydrogens (tertiary/aromatic N) is 2. The molecule has 1 aromatic carbocycles. The molecule has 0 heterocycles. The van der Waals surface area contributed by atoms with Gasteiger partial charge in [-0.15, -0.1) is 0 Å². The SMILES string of the molecule is CCC(C)N(CC(=O)N(C)c1ccccc1)C(C)=O. The third-order valence-electron chi connectivity index (χ3n) is 3.35. The van der Waals surface area contributed by atoms with Crippen LogP contribution in [0.25, 0.3) is 0 Å². The van der Waals surface area contributed by atoms with Gasteiger partial charge in [-0.3, -0.25) is 9.59 Å². The van der Waals surface area contributed by atoms with E-state index in [1.54, 1.807) is 16.8 Å². The molecular weight excluding hydrogens is 240 g/mol. The number of para-hydroxylation sites is 1.